The van der Waals surface area contributed by atoms with Crippen molar-refractivity contribution in [2.45, 2.75) is 19.0 Å². The molecule has 7 heteroatoms. The summed E-state index contributed by atoms with van der Waals surface area (Å²) in [4.78, 5) is 18.6. The fraction of sp³-hybridized carbons (Fsp3) is 0.250. The van der Waals surface area contributed by atoms with Crippen LogP contribution in [0.15, 0.2) is 37.1 Å². The molecule has 4 N–H and O–H groups in total. The lowest BCUT2D eigenvalue weighted by atomic mass is 10.2. The maximum atomic E-state index is 10.7. The predicted octanol–water partition coefficient (Wildman–Crippen LogP) is -1.09. The summed E-state index contributed by atoms with van der Waals surface area (Å²) in [6.45, 7) is 0.518. The summed E-state index contributed by atoms with van der Waals surface area (Å²) in [6.07, 6.45) is 7.09. The number of aryl methyl sites for hydroxylation is 1. The Labute approximate surface area is 109 Å². The second-order valence-corrected chi connectivity index (χ2v) is 4.10. The van der Waals surface area contributed by atoms with Gasteiger partial charge in [0.1, 0.15) is 12.5 Å². The highest BCUT2D eigenvalue weighted by molar-refractivity contribution is 5.71. The van der Waals surface area contributed by atoms with Crippen LogP contribution in [0.5, 0.6) is 0 Å². The van der Waals surface area contributed by atoms with Crippen molar-refractivity contribution in [2.75, 3.05) is 0 Å². The quantitative estimate of drug-likeness (QED) is 0.665. The Morgan fingerprint density at radius 2 is 2.32 bits per heavy atom. The zero-order valence-electron chi connectivity index (χ0n) is 10.3. The molecule has 19 heavy (non-hydrogen) atoms. The third-order valence-corrected chi connectivity index (χ3v) is 2.70. The first-order chi connectivity index (χ1) is 9.16. The molecule has 0 aliphatic heterocycles. The minimum atomic E-state index is -0.891. The Hall–Kier alpha value is -2.41. The van der Waals surface area contributed by atoms with Crippen LogP contribution in [0.1, 0.15) is 6.42 Å². The van der Waals surface area contributed by atoms with Crippen molar-refractivity contribution >= 4 is 5.97 Å². The van der Waals surface area contributed by atoms with Gasteiger partial charge < -0.3 is 10.8 Å². The Morgan fingerprint density at radius 3 is 2.89 bits per heavy atom. The highest BCUT2D eigenvalue weighted by atomic mass is 16.4. The predicted molar refractivity (Wildman–Crippen MR) is 64.4 cm³/mol. The van der Waals surface area contributed by atoms with Crippen molar-refractivity contribution in [1.29, 1.82) is 0 Å². The first-order valence-corrected chi connectivity index (χ1v) is 5.85. The number of quaternary nitrogens is 1. The van der Waals surface area contributed by atoms with Gasteiger partial charge in [0.15, 0.2) is 18.8 Å². The van der Waals surface area contributed by atoms with Gasteiger partial charge in [-0.05, 0) is 11.2 Å². The molecule has 0 saturated heterocycles. The van der Waals surface area contributed by atoms with E-state index >= 15 is 0 Å². The zero-order chi connectivity index (χ0) is 13.7. The molecule has 0 radical (unpaired) electrons. The average Bonchev–Trinajstić information content (AvgIpc) is 2.46. The van der Waals surface area contributed by atoms with Crippen molar-refractivity contribution in [3.63, 3.8) is 0 Å². The van der Waals surface area contributed by atoms with Gasteiger partial charge in [-0.25, -0.2) is 14.8 Å². The van der Waals surface area contributed by atoms with Gasteiger partial charge in [0.2, 0.25) is 0 Å². The van der Waals surface area contributed by atoms with Crippen LogP contribution in [0.2, 0.25) is 0 Å². The van der Waals surface area contributed by atoms with E-state index in [1.807, 2.05) is 6.07 Å². The second-order valence-electron chi connectivity index (χ2n) is 4.10. The van der Waals surface area contributed by atoms with Crippen molar-refractivity contribution < 1.29 is 20.3 Å². The summed E-state index contributed by atoms with van der Waals surface area (Å²) in [5, 5.41) is 13.0. The fourth-order valence-electron chi connectivity index (χ4n) is 1.54. The summed E-state index contributed by atoms with van der Waals surface area (Å²) < 4.78 is 1.69. The first kappa shape index (κ1) is 13.0. The second kappa shape index (κ2) is 5.96. The Morgan fingerprint density at radius 1 is 1.47 bits per heavy atom. The standard InChI is InChI=1S/C12H13N5O2/c13-10(12(18)19)3-6-17-5-2-9(7-16-17)11-1-4-14-8-15-11/h1-2,4-5,7-8,10H,3,6,13H2/p+2/t10-/m1/s1. The van der Waals surface area contributed by atoms with Crippen molar-refractivity contribution in [1.82, 2.24) is 15.1 Å². The number of nitrogens with zero attached hydrogens (tertiary/aromatic N) is 4. The van der Waals surface area contributed by atoms with Gasteiger partial charge >= 0.3 is 5.97 Å². The van der Waals surface area contributed by atoms with E-state index in [0.29, 0.717) is 13.0 Å². The zero-order valence-corrected chi connectivity index (χ0v) is 10.3. The molecule has 2 heterocycles. The molecule has 0 aliphatic rings. The smallest absolute Gasteiger partial charge is 0.362 e. The first-order valence-electron chi connectivity index (χ1n) is 5.85. The van der Waals surface area contributed by atoms with E-state index in [4.69, 9.17) is 5.11 Å². The highest BCUT2D eigenvalue weighted by Gasteiger charge is 2.18. The molecule has 7 nitrogen and oxygen atoms in total. The third kappa shape index (κ3) is 3.52. The van der Waals surface area contributed by atoms with E-state index in [1.165, 1.54) is 6.33 Å². The van der Waals surface area contributed by atoms with Crippen LogP contribution in [-0.4, -0.2) is 32.2 Å². The summed E-state index contributed by atoms with van der Waals surface area (Å²) in [5.41, 5.74) is 5.25. The van der Waals surface area contributed by atoms with Crippen molar-refractivity contribution in [3.8, 4) is 11.3 Å². The van der Waals surface area contributed by atoms with Crippen LogP contribution < -0.4 is 10.4 Å². The molecule has 0 aromatic carbocycles. The maximum Gasteiger partial charge on any atom is 0.362 e. The molecule has 0 fully saturated rings. The number of aromatic nitrogens is 4. The lowest BCUT2D eigenvalue weighted by Gasteiger charge is -2.00. The van der Waals surface area contributed by atoms with E-state index in [1.54, 1.807) is 29.3 Å². The number of rotatable bonds is 5. The van der Waals surface area contributed by atoms with Crippen LogP contribution in [-0.2, 0) is 11.3 Å². The molecule has 2 rings (SSSR count). The normalized spacial score (nSPS) is 12.1. The number of carboxylic acid groups (broad SMARTS) is 1. The van der Waals surface area contributed by atoms with E-state index in [9.17, 15) is 4.79 Å². The van der Waals surface area contributed by atoms with Gasteiger partial charge in [-0.2, -0.15) is 0 Å². The van der Waals surface area contributed by atoms with Crippen LogP contribution in [0, 0.1) is 0 Å². The van der Waals surface area contributed by atoms with Gasteiger partial charge in [-0.3, -0.25) is 0 Å². The van der Waals surface area contributed by atoms with Gasteiger partial charge in [-0.15, -0.1) is 0 Å². The number of hydrogen-bond acceptors (Lipinski definition) is 4. The average molecular weight is 261 g/mol. The molecule has 2 aromatic rings. The van der Waals surface area contributed by atoms with Crippen LogP contribution in [0.25, 0.3) is 11.3 Å². The Bertz CT molecular complexity index is 544. The molecule has 2 aromatic heterocycles. The lowest BCUT2D eigenvalue weighted by Crippen LogP contribution is -2.66. The summed E-state index contributed by atoms with van der Waals surface area (Å²) in [5.74, 6) is -0.891. The van der Waals surface area contributed by atoms with E-state index in [2.05, 4.69) is 20.8 Å². The molecular weight excluding hydrogens is 246 g/mol. The number of aliphatic carboxylic acids is 1. The number of hydrogen-bond donors (Lipinski definition) is 2. The summed E-state index contributed by atoms with van der Waals surface area (Å²) in [6, 6.07) is 3.07. The maximum absolute atomic E-state index is 10.7. The molecule has 1 atom stereocenters. The fourth-order valence-corrected chi connectivity index (χ4v) is 1.54. The van der Waals surface area contributed by atoms with Crippen molar-refractivity contribution in [3.05, 3.63) is 37.1 Å². The molecular formula is C12H15N5O2+2. The summed E-state index contributed by atoms with van der Waals surface area (Å²) >= 11 is 0. The third-order valence-electron chi connectivity index (χ3n) is 2.70. The lowest BCUT2D eigenvalue weighted by molar-refractivity contribution is -0.756. The van der Waals surface area contributed by atoms with Crippen molar-refractivity contribution in [2.24, 2.45) is 0 Å². The van der Waals surface area contributed by atoms with E-state index in [-0.39, 0.29) is 0 Å². The monoisotopic (exact) mass is 261 g/mol. The molecule has 0 saturated carbocycles. The minimum Gasteiger partial charge on any atom is -0.477 e. The Balaban J connectivity index is 2.01. The van der Waals surface area contributed by atoms with Crippen LogP contribution in [0.3, 0.4) is 0 Å². The molecule has 0 amide bonds. The van der Waals surface area contributed by atoms with Gasteiger partial charge in [0.05, 0.1) is 12.1 Å². The van der Waals surface area contributed by atoms with Gasteiger partial charge in [-0.1, -0.05) is 4.68 Å². The SMILES string of the molecule is [NH3+][C@H](CC[n+]1ccc(-c2ccncn2)cn1)C(=O)O. The molecule has 98 valence electrons. The Kier molecular flexibility index (Phi) is 4.09. The highest BCUT2D eigenvalue weighted by Crippen LogP contribution is 2.11. The van der Waals surface area contributed by atoms with Gasteiger partial charge in [0.25, 0.3) is 0 Å². The van der Waals surface area contributed by atoms with E-state index in [0.717, 1.165) is 11.3 Å². The number of carboxylic acids is 1. The molecule has 0 spiro atoms. The molecule has 0 bridgehead atoms. The van der Waals surface area contributed by atoms with Crippen LogP contribution in [0.4, 0.5) is 0 Å². The van der Waals surface area contributed by atoms with Gasteiger partial charge in [0, 0.05) is 17.8 Å². The number of carbonyl (C=O) groups is 1. The van der Waals surface area contributed by atoms with Crippen LogP contribution >= 0.6 is 0 Å². The largest absolute Gasteiger partial charge is 0.477 e. The summed E-state index contributed by atoms with van der Waals surface area (Å²) in [7, 11) is 0. The molecule has 0 unspecified atom stereocenters. The molecule has 0 aliphatic carbocycles. The minimum absolute atomic E-state index is 0.444. The topological polar surface area (TPSA) is 107 Å². The van der Waals surface area contributed by atoms with E-state index < -0.39 is 12.0 Å².